The Morgan fingerprint density at radius 3 is 2.58 bits per heavy atom. The molecule has 1 aromatic carbocycles. The summed E-state index contributed by atoms with van der Waals surface area (Å²) in [6.45, 7) is 8.45. The number of amides is 1. The lowest BCUT2D eigenvalue weighted by Gasteiger charge is -2.43. The Morgan fingerprint density at radius 1 is 1.33 bits per heavy atom. The Balaban J connectivity index is 2.30. The molecule has 1 aliphatic rings. The average molecular weight is 333 g/mol. The van der Waals surface area contributed by atoms with Crippen LogP contribution in [0, 0.1) is 0 Å². The van der Waals surface area contributed by atoms with Gasteiger partial charge in [-0.2, -0.15) is 0 Å². The molecule has 132 valence electrons. The van der Waals surface area contributed by atoms with Crippen LogP contribution in [0.4, 0.5) is 0 Å². The van der Waals surface area contributed by atoms with Crippen molar-refractivity contribution in [3.63, 3.8) is 0 Å². The van der Waals surface area contributed by atoms with Crippen molar-refractivity contribution >= 4 is 11.9 Å². The summed E-state index contributed by atoms with van der Waals surface area (Å²) in [4.78, 5) is 26.5. The molecule has 1 aromatic rings. The van der Waals surface area contributed by atoms with E-state index in [1.54, 1.807) is 11.8 Å². The van der Waals surface area contributed by atoms with E-state index in [1.165, 1.54) is 0 Å². The first kappa shape index (κ1) is 18.5. The summed E-state index contributed by atoms with van der Waals surface area (Å²) in [5.41, 5.74) is 0.687. The molecule has 0 aliphatic carbocycles. The zero-order valence-electron chi connectivity index (χ0n) is 15.0. The van der Waals surface area contributed by atoms with Gasteiger partial charge in [-0.15, -0.1) is 0 Å². The van der Waals surface area contributed by atoms with Crippen molar-refractivity contribution in [2.75, 3.05) is 13.2 Å². The lowest BCUT2D eigenvalue weighted by atomic mass is 9.91. The van der Waals surface area contributed by atoms with E-state index in [4.69, 9.17) is 9.47 Å². The summed E-state index contributed by atoms with van der Waals surface area (Å²) in [5.74, 6) is -1.36. The SMILES string of the molecule is CCOC(=O)C(=O)N(C1CCOC(C)(C)C1)C(C)c1ccccc1. The van der Waals surface area contributed by atoms with Crippen LogP contribution in [0.3, 0.4) is 0 Å². The molecule has 0 N–H and O–H groups in total. The third-order valence-electron chi connectivity index (χ3n) is 4.45. The number of nitrogens with zero attached hydrogens (tertiary/aromatic N) is 1. The standard InChI is InChI=1S/C19H27NO4/c1-5-23-18(22)17(21)20(14(2)15-9-7-6-8-10-15)16-11-12-24-19(3,4)13-16/h6-10,14,16H,5,11-13H2,1-4H3. The fourth-order valence-electron chi connectivity index (χ4n) is 3.29. The molecule has 5 heteroatoms. The highest BCUT2D eigenvalue weighted by atomic mass is 16.5. The molecule has 2 rings (SSSR count). The number of carbonyl (C=O) groups is 2. The average Bonchev–Trinajstić information content (AvgIpc) is 2.55. The van der Waals surface area contributed by atoms with Crippen LogP contribution in [0.1, 0.15) is 52.1 Å². The van der Waals surface area contributed by atoms with E-state index >= 15 is 0 Å². The summed E-state index contributed by atoms with van der Waals surface area (Å²) in [7, 11) is 0. The largest absolute Gasteiger partial charge is 0.459 e. The number of rotatable bonds is 4. The zero-order valence-corrected chi connectivity index (χ0v) is 15.0. The van der Waals surface area contributed by atoms with Crippen molar-refractivity contribution in [3.05, 3.63) is 35.9 Å². The van der Waals surface area contributed by atoms with Crippen molar-refractivity contribution in [1.82, 2.24) is 4.90 Å². The van der Waals surface area contributed by atoms with Crippen LogP contribution in [0.2, 0.25) is 0 Å². The van der Waals surface area contributed by atoms with Gasteiger partial charge in [0.1, 0.15) is 0 Å². The van der Waals surface area contributed by atoms with Crippen LogP contribution in [0.25, 0.3) is 0 Å². The topological polar surface area (TPSA) is 55.8 Å². The minimum Gasteiger partial charge on any atom is -0.459 e. The highest BCUT2D eigenvalue weighted by molar-refractivity contribution is 6.32. The van der Waals surface area contributed by atoms with Crippen LogP contribution in [-0.4, -0.2) is 41.6 Å². The van der Waals surface area contributed by atoms with Gasteiger partial charge in [0.15, 0.2) is 0 Å². The first-order chi connectivity index (χ1) is 11.4. The van der Waals surface area contributed by atoms with Crippen LogP contribution >= 0.6 is 0 Å². The van der Waals surface area contributed by atoms with E-state index in [9.17, 15) is 9.59 Å². The second-order valence-electron chi connectivity index (χ2n) is 6.77. The molecule has 1 aliphatic heterocycles. The molecule has 2 atom stereocenters. The van der Waals surface area contributed by atoms with E-state index in [0.717, 1.165) is 5.56 Å². The molecular weight excluding hydrogens is 306 g/mol. The Kier molecular flexibility index (Phi) is 5.99. The predicted molar refractivity (Wildman–Crippen MR) is 91.4 cm³/mol. The fourth-order valence-corrected chi connectivity index (χ4v) is 3.29. The summed E-state index contributed by atoms with van der Waals surface area (Å²) >= 11 is 0. The molecule has 0 spiro atoms. The molecule has 1 fully saturated rings. The van der Waals surface area contributed by atoms with Crippen LogP contribution in [0.15, 0.2) is 30.3 Å². The van der Waals surface area contributed by atoms with Crippen LogP contribution in [-0.2, 0) is 19.1 Å². The maximum Gasteiger partial charge on any atom is 0.397 e. The van der Waals surface area contributed by atoms with Gasteiger partial charge in [0, 0.05) is 12.6 Å². The highest BCUT2D eigenvalue weighted by Crippen LogP contribution is 2.32. The summed E-state index contributed by atoms with van der Waals surface area (Å²) < 4.78 is 10.7. The first-order valence-corrected chi connectivity index (χ1v) is 8.54. The fraction of sp³-hybridized carbons (Fsp3) is 0.579. The molecule has 1 amide bonds. The van der Waals surface area contributed by atoms with Gasteiger partial charge in [-0.25, -0.2) is 4.79 Å². The Hall–Kier alpha value is -1.88. The van der Waals surface area contributed by atoms with E-state index < -0.39 is 11.9 Å². The lowest BCUT2D eigenvalue weighted by Crippen LogP contribution is -2.51. The Bertz CT molecular complexity index is 570. The van der Waals surface area contributed by atoms with Crippen LogP contribution in [0.5, 0.6) is 0 Å². The number of esters is 1. The van der Waals surface area contributed by atoms with E-state index in [1.807, 2.05) is 51.1 Å². The number of hydrogen-bond donors (Lipinski definition) is 0. The van der Waals surface area contributed by atoms with Gasteiger partial charge in [0.2, 0.25) is 0 Å². The molecule has 0 bridgehead atoms. The predicted octanol–water partition coefficient (Wildman–Crippen LogP) is 3.10. The molecule has 0 radical (unpaired) electrons. The smallest absolute Gasteiger partial charge is 0.397 e. The molecule has 2 unspecified atom stereocenters. The quantitative estimate of drug-likeness (QED) is 0.627. The van der Waals surface area contributed by atoms with Gasteiger partial charge in [-0.1, -0.05) is 30.3 Å². The van der Waals surface area contributed by atoms with E-state index in [2.05, 4.69) is 0 Å². The molecule has 1 heterocycles. The third-order valence-corrected chi connectivity index (χ3v) is 4.45. The third kappa shape index (κ3) is 4.35. The lowest BCUT2D eigenvalue weighted by molar-refractivity contribution is -0.166. The summed E-state index contributed by atoms with van der Waals surface area (Å²) in [5, 5.41) is 0. The second kappa shape index (κ2) is 7.79. The first-order valence-electron chi connectivity index (χ1n) is 8.54. The maximum absolute atomic E-state index is 12.8. The zero-order chi connectivity index (χ0) is 17.7. The summed E-state index contributed by atoms with van der Waals surface area (Å²) in [6, 6.07) is 9.49. The molecule has 5 nitrogen and oxygen atoms in total. The van der Waals surface area contributed by atoms with Crippen molar-refractivity contribution < 1.29 is 19.1 Å². The minimum atomic E-state index is -0.787. The van der Waals surface area contributed by atoms with E-state index in [-0.39, 0.29) is 24.3 Å². The normalized spacial score (nSPS) is 20.9. The van der Waals surface area contributed by atoms with Gasteiger partial charge in [0.05, 0.1) is 18.2 Å². The molecule has 0 saturated carbocycles. The van der Waals surface area contributed by atoms with E-state index in [0.29, 0.717) is 19.4 Å². The number of ether oxygens (including phenoxy) is 2. The van der Waals surface area contributed by atoms with Crippen molar-refractivity contribution in [2.24, 2.45) is 0 Å². The Morgan fingerprint density at radius 2 is 2.00 bits per heavy atom. The summed E-state index contributed by atoms with van der Waals surface area (Å²) in [6.07, 6.45) is 1.40. The van der Waals surface area contributed by atoms with Crippen molar-refractivity contribution in [2.45, 2.75) is 58.2 Å². The number of carbonyl (C=O) groups excluding carboxylic acids is 2. The number of hydrogen-bond acceptors (Lipinski definition) is 4. The van der Waals surface area contributed by atoms with Gasteiger partial charge in [0.25, 0.3) is 0 Å². The van der Waals surface area contributed by atoms with Crippen molar-refractivity contribution in [1.29, 1.82) is 0 Å². The maximum atomic E-state index is 12.8. The van der Waals surface area contributed by atoms with Crippen LogP contribution < -0.4 is 0 Å². The molecule has 0 aromatic heterocycles. The second-order valence-corrected chi connectivity index (χ2v) is 6.77. The van der Waals surface area contributed by atoms with Gasteiger partial charge in [-0.3, -0.25) is 4.79 Å². The monoisotopic (exact) mass is 333 g/mol. The van der Waals surface area contributed by atoms with Gasteiger partial charge >= 0.3 is 11.9 Å². The van der Waals surface area contributed by atoms with Crippen molar-refractivity contribution in [3.8, 4) is 0 Å². The minimum absolute atomic E-state index is 0.0548. The van der Waals surface area contributed by atoms with Gasteiger partial charge < -0.3 is 14.4 Å². The highest BCUT2D eigenvalue weighted by Gasteiger charge is 2.39. The molecule has 1 saturated heterocycles. The molecular formula is C19H27NO4. The number of benzene rings is 1. The van der Waals surface area contributed by atoms with Gasteiger partial charge in [-0.05, 0) is 46.1 Å². The molecule has 24 heavy (non-hydrogen) atoms. The Labute approximate surface area is 143 Å².